The van der Waals surface area contributed by atoms with Crippen molar-refractivity contribution < 1.29 is 9.18 Å². The van der Waals surface area contributed by atoms with Crippen LogP contribution in [0, 0.1) is 11.7 Å². The molecule has 1 atom stereocenters. The van der Waals surface area contributed by atoms with Gasteiger partial charge < -0.3 is 11.1 Å². The normalized spacial score (nSPS) is 15.4. The number of hydrogen-bond donors (Lipinski definition) is 2. The predicted octanol–water partition coefficient (Wildman–Crippen LogP) is 3.28. The molecule has 0 bridgehead atoms. The molecule has 1 aliphatic carbocycles. The average Bonchev–Trinajstić information content (AvgIpc) is 3.31. The third kappa shape index (κ3) is 3.95. The van der Waals surface area contributed by atoms with Crippen molar-refractivity contribution in [2.45, 2.75) is 32.1 Å². The van der Waals surface area contributed by atoms with Crippen LogP contribution in [-0.2, 0) is 11.2 Å². The lowest BCUT2D eigenvalue weighted by molar-refractivity contribution is -0.119. The Morgan fingerprint density at radius 2 is 2.13 bits per heavy atom. The van der Waals surface area contributed by atoms with Gasteiger partial charge in [-0.25, -0.2) is 9.37 Å². The van der Waals surface area contributed by atoms with Crippen molar-refractivity contribution in [1.82, 2.24) is 4.98 Å². The van der Waals surface area contributed by atoms with E-state index < -0.39 is 0 Å². The SMILES string of the molecule is CC(CN)C(=O)Nc1nc(C2CC2)c(Cc2ccc(F)cc2)s1. The molecule has 1 amide bonds. The topological polar surface area (TPSA) is 68.0 Å². The zero-order valence-electron chi connectivity index (χ0n) is 13.0. The highest BCUT2D eigenvalue weighted by atomic mass is 32.1. The van der Waals surface area contributed by atoms with E-state index >= 15 is 0 Å². The van der Waals surface area contributed by atoms with Crippen molar-refractivity contribution >= 4 is 22.4 Å². The molecule has 2 aromatic rings. The van der Waals surface area contributed by atoms with Crippen molar-refractivity contribution in [1.29, 1.82) is 0 Å². The largest absolute Gasteiger partial charge is 0.330 e. The van der Waals surface area contributed by atoms with Gasteiger partial charge >= 0.3 is 0 Å². The van der Waals surface area contributed by atoms with Crippen LogP contribution < -0.4 is 11.1 Å². The summed E-state index contributed by atoms with van der Waals surface area (Å²) in [6, 6.07) is 6.53. The first-order valence-corrected chi connectivity index (χ1v) is 8.63. The third-order valence-corrected chi connectivity index (χ3v) is 4.99. The maximum atomic E-state index is 13.0. The number of rotatable bonds is 6. The van der Waals surface area contributed by atoms with E-state index in [2.05, 4.69) is 10.3 Å². The van der Waals surface area contributed by atoms with Crippen LogP contribution in [0.2, 0.25) is 0 Å². The molecule has 1 heterocycles. The molecule has 0 aliphatic heterocycles. The monoisotopic (exact) mass is 333 g/mol. The lowest BCUT2D eigenvalue weighted by Gasteiger charge is -2.06. The highest BCUT2D eigenvalue weighted by Crippen LogP contribution is 2.44. The van der Waals surface area contributed by atoms with E-state index in [1.54, 1.807) is 19.1 Å². The molecule has 0 saturated heterocycles. The van der Waals surface area contributed by atoms with Gasteiger partial charge in [0.25, 0.3) is 0 Å². The van der Waals surface area contributed by atoms with Crippen LogP contribution in [0.1, 0.15) is 41.8 Å². The smallest absolute Gasteiger partial charge is 0.230 e. The fraction of sp³-hybridized carbons (Fsp3) is 0.412. The Morgan fingerprint density at radius 3 is 2.74 bits per heavy atom. The number of aromatic nitrogens is 1. The van der Waals surface area contributed by atoms with Crippen LogP contribution in [0.3, 0.4) is 0 Å². The molecule has 1 unspecified atom stereocenters. The zero-order chi connectivity index (χ0) is 16.4. The van der Waals surface area contributed by atoms with Gasteiger partial charge in [0, 0.05) is 29.7 Å². The summed E-state index contributed by atoms with van der Waals surface area (Å²) < 4.78 is 13.0. The molecule has 0 radical (unpaired) electrons. The van der Waals surface area contributed by atoms with Gasteiger partial charge in [-0.1, -0.05) is 19.1 Å². The number of hydrogen-bond acceptors (Lipinski definition) is 4. The number of anilines is 1. The number of thiazole rings is 1. The average molecular weight is 333 g/mol. The second-order valence-electron chi connectivity index (χ2n) is 6.03. The molecule has 122 valence electrons. The maximum absolute atomic E-state index is 13.0. The van der Waals surface area contributed by atoms with E-state index in [0.29, 0.717) is 24.0 Å². The number of halogens is 1. The second-order valence-corrected chi connectivity index (χ2v) is 7.11. The van der Waals surface area contributed by atoms with Crippen LogP contribution in [0.4, 0.5) is 9.52 Å². The van der Waals surface area contributed by atoms with Gasteiger partial charge in [-0.15, -0.1) is 11.3 Å². The first-order valence-electron chi connectivity index (χ1n) is 7.81. The highest BCUT2D eigenvalue weighted by molar-refractivity contribution is 7.15. The summed E-state index contributed by atoms with van der Waals surface area (Å²) in [5, 5.41) is 3.49. The Balaban J connectivity index is 1.79. The molecule has 3 rings (SSSR count). The summed E-state index contributed by atoms with van der Waals surface area (Å²) in [7, 11) is 0. The Labute approximate surface area is 138 Å². The number of carbonyl (C=O) groups is 1. The maximum Gasteiger partial charge on any atom is 0.230 e. The minimum atomic E-state index is -0.233. The molecule has 3 N–H and O–H groups in total. The Bertz CT molecular complexity index is 694. The number of nitrogens with two attached hydrogens (primary N) is 1. The first kappa shape index (κ1) is 16.1. The number of carbonyl (C=O) groups excluding carboxylic acids is 1. The fourth-order valence-electron chi connectivity index (χ4n) is 2.34. The Hall–Kier alpha value is -1.79. The van der Waals surface area contributed by atoms with E-state index in [4.69, 9.17) is 5.73 Å². The van der Waals surface area contributed by atoms with Gasteiger partial charge in [0.05, 0.1) is 5.69 Å². The minimum Gasteiger partial charge on any atom is -0.330 e. The second kappa shape index (κ2) is 6.76. The Morgan fingerprint density at radius 1 is 1.43 bits per heavy atom. The molecule has 0 spiro atoms. The molecule has 1 aromatic heterocycles. The van der Waals surface area contributed by atoms with E-state index in [1.165, 1.54) is 23.5 Å². The quantitative estimate of drug-likeness (QED) is 0.852. The molecule has 1 fully saturated rings. The summed E-state index contributed by atoms with van der Waals surface area (Å²) in [5.41, 5.74) is 7.65. The van der Waals surface area contributed by atoms with E-state index in [-0.39, 0.29) is 17.6 Å². The van der Waals surface area contributed by atoms with Crippen LogP contribution in [0.5, 0.6) is 0 Å². The van der Waals surface area contributed by atoms with Crippen molar-refractivity contribution in [3.63, 3.8) is 0 Å². The van der Waals surface area contributed by atoms with Gasteiger partial charge in [-0.05, 0) is 30.5 Å². The minimum absolute atomic E-state index is 0.100. The Kier molecular flexibility index (Phi) is 4.73. The standard InChI is InChI=1S/C17H20FN3OS/c1-10(9-19)16(22)21-17-20-15(12-4-5-12)14(23-17)8-11-2-6-13(18)7-3-11/h2-3,6-7,10,12H,4-5,8-9,19H2,1H3,(H,20,21,22). The molecule has 1 aliphatic rings. The lowest BCUT2D eigenvalue weighted by atomic mass is 10.1. The van der Waals surface area contributed by atoms with E-state index in [9.17, 15) is 9.18 Å². The molecule has 6 heteroatoms. The van der Waals surface area contributed by atoms with Gasteiger partial charge in [-0.3, -0.25) is 4.79 Å². The number of nitrogens with zero attached hydrogens (tertiary/aromatic N) is 1. The number of nitrogens with one attached hydrogen (secondary N) is 1. The highest BCUT2D eigenvalue weighted by Gasteiger charge is 2.30. The van der Waals surface area contributed by atoms with Crippen molar-refractivity contribution in [3.05, 3.63) is 46.2 Å². The summed E-state index contributed by atoms with van der Waals surface area (Å²) in [6.45, 7) is 2.11. The van der Waals surface area contributed by atoms with Crippen LogP contribution in [-0.4, -0.2) is 17.4 Å². The zero-order valence-corrected chi connectivity index (χ0v) is 13.8. The molecule has 1 saturated carbocycles. The summed E-state index contributed by atoms with van der Waals surface area (Å²) in [5.74, 6) is -0.0655. The lowest BCUT2D eigenvalue weighted by Crippen LogP contribution is -2.26. The summed E-state index contributed by atoms with van der Waals surface area (Å²) >= 11 is 1.51. The predicted molar refractivity (Wildman–Crippen MR) is 90.1 cm³/mol. The summed E-state index contributed by atoms with van der Waals surface area (Å²) in [4.78, 5) is 17.7. The first-order chi connectivity index (χ1) is 11.1. The molecular weight excluding hydrogens is 313 g/mol. The van der Waals surface area contributed by atoms with Crippen LogP contribution in [0.15, 0.2) is 24.3 Å². The van der Waals surface area contributed by atoms with E-state index in [1.807, 2.05) is 0 Å². The van der Waals surface area contributed by atoms with Crippen molar-refractivity contribution in [2.24, 2.45) is 11.7 Å². The van der Waals surface area contributed by atoms with Crippen molar-refractivity contribution in [3.8, 4) is 0 Å². The molecule has 1 aromatic carbocycles. The van der Waals surface area contributed by atoms with Gasteiger partial charge in [0.2, 0.25) is 5.91 Å². The van der Waals surface area contributed by atoms with Gasteiger partial charge in [0.1, 0.15) is 5.82 Å². The van der Waals surface area contributed by atoms with Crippen molar-refractivity contribution in [2.75, 3.05) is 11.9 Å². The third-order valence-electron chi connectivity index (χ3n) is 4.00. The van der Waals surface area contributed by atoms with Crippen LogP contribution in [0.25, 0.3) is 0 Å². The molecule has 23 heavy (non-hydrogen) atoms. The molecule has 4 nitrogen and oxygen atoms in total. The van der Waals surface area contributed by atoms with Crippen LogP contribution >= 0.6 is 11.3 Å². The van der Waals surface area contributed by atoms with Gasteiger partial charge in [-0.2, -0.15) is 0 Å². The molecular formula is C17H20FN3OS. The van der Waals surface area contributed by atoms with Gasteiger partial charge in [0.15, 0.2) is 5.13 Å². The summed E-state index contributed by atoms with van der Waals surface area (Å²) in [6.07, 6.45) is 3.01. The fourth-order valence-corrected chi connectivity index (χ4v) is 3.43. The number of benzene rings is 1. The number of amides is 1. The van der Waals surface area contributed by atoms with E-state index in [0.717, 1.165) is 29.0 Å².